The lowest BCUT2D eigenvalue weighted by Gasteiger charge is -2.26. The van der Waals surface area contributed by atoms with Gasteiger partial charge in [0.2, 0.25) is 0 Å². The van der Waals surface area contributed by atoms with Crippen molar-refractivity contribution in [2.45, 2.75) is 44.5 Å². The number of hydrogen-bond acceptors (Lipinski definition) is 2. The van der Waals surface area contributed by atoms with Crippen molar-refractivity contribution in [2.75, 3.05) is 6.54 Å². The van der Waals surface area contributed by atoms with Gasteiger partial charge in [0, 0.05) is 18.2 Å². The highest BCUT2D eigenvalue weighted by Gasteiger charge is 2.34. The van der Waals surface area contributed by atoms with Gasteiger partial charge in [0.25, 0.3) is 5.91 Å². The third-order valence-electron chi connectivity index (χ3n) is 3.72. The van der Waals surface area contributed by atoms with Crippen molar-refractivity contribution in [3.63, 3.8) is 0 Å². The first-order valence-electron chi connectivity index (χ1n) is 7.05. The first kappa shape index (κ1) is 16.7. The molecule has 1 aromatic rings. The molecule has 2 rings (SSSR count). The molecule has 22 heavy (non-hydrogen) atoms. The van der Waals surface area contributed by atoms with Crippen molar-refractivity contribution in [3.8, 4) is 0 Å². The van der Waals surface area contributed by atoms with Gasteiger partial charge in [-0.25, -0.2) is 4.39 Å². The monoisotopic (exact) mass is 319 g/mol. The number of halogens is 4. The predicted octanol–water partition coefficient (Wildman–Crippen LogP) is 3.22. The van der Waals surface area contributed by atoms with Crippen LogP contribution < -0.4 is 0 Å². The van der Waals surface area contributed by atoms with E-state index in [4.69, 9.17) is 0 Å². The Morgan fingerprint density at radius 2 is 2.09 bits per heavy atom. The number of benzene rings is 1. The minimum atomic E-state index is -4.71. The molecule has 0 radical (unpaired) electrons. The van der Waals surface area contributed by atoms with E-state index in [0.29, 0.717) is 37.9 Å². The summed E-state index contributed by atoms with van der Waals surface area (Å²) in [6, 6.07) is 1.62. The topological polar surface area (TPSA) is 40.5 Å². The van der Waals surface area contributed by atoms with Crippen LogP contribution >= 0.6 is 0 Å². The lowest BCUT2D eigenvalue weighted by Crippen LogP contribution is -2.37. The second-order valence-corrected chi connectivity index (χ2v) is 5.61. The van der Waals surface area contributed by atoms with Crippen LogP contribution in [0.3, 0.4) is 0 Å². The molecule has 0 saturated carbocycles. The second-order valence-electron chi connectivity index (χ2n) is 5.61. The van der Waals surface area contributed by atoms with Crippen LogP contribution in [0.15, 0.2) is 18.2 Å². The van der Waals surface area contributed by atoms with Crippen LogP contribution in [0.2, 0.25) is 0 Å². The fourth-order valence-corrected chi connectivity index (χ4v) is 2.78. The molecule has 1 aliphatic heterocycles. The molecule has 0 bridgehead atoms. The third kappa shape index (κ3) is 3.76. The Balaban J connectivity index is 2.27. The van der Waals surface area contributed by atoms with E-state index in [0.717, 1.165) is 6.07 Å². The molecule has 1 heterocycles. The maximum absolute atomic E-state index is 13.4. The van der Waals surface area contributed by atoms with Crippen molar-refractivity contribution in [2.24, 2.45) is 0 Å². The van der Waals surface area contributed by atoms with Crippen LogP contribution in [0.4, 0.5) is 17.6 Å². The minimum absolute atomic E-state index is 0.231. The largest absolute Gasteiger partial charge is 0.416 e. The summed E-state index contributed by atoms with van der Waals surface area (Å²) in [5.41, 5.74) is -1.49. The molecule has 2 atom stereocenters. The van der Waals surface area contributed by atoms with Crippen LogP contribution in [-0.4, -0.2) is 34.6 Å². The van der Waals surface area contributed by atoms with Crippen LogP contribution in [0.1, 0.15) is 42.1 Å². The molecule has 122 valence electrons. The Morgan fingerprint density at radius 3 is 2.68 bits per heavy atom. The molecule has 1 aliphatic rings. The SMILES string of the molecule is CC(O)CC1CCCN1C(=O)c1cc(F)cc(C(F)(F)F)c1. The number of carbonyl (C=O) groups is 1. The average molecular weight is 319 g/mol. The highest BCUT2D eigenvalue weighted by molar-refractivity contribution is 5.94. The third-order valence-corrected chi connectivity index (χ3v) is 3.72. The van der Waals surface area contributed by atoms with Crippen LogP contribution in [-0.2, 0) is 6.18 Å². The lowest BCUT2D eigenvalue weighted by atomic mass is 10.1. The molecule has 0 spiro atoms. The van der Waals surface area contributed by atoms with Gasteiger partial charge >= 0.3 is 6.18 Å². The molecule has 1 N–H and O–H groups in total. The highest BCUT2D eigenvalue weighted by atomic mass is 19.4. The number of carbonyl (C=O) groups excluding carboxylic acids is 1. The molecule has 2 unspecified atom stereocenters. The van der Waals surface area contributed by atoms with E-state index in [-0.39, 0.29) is 11.6 Å². The number of aliphatic hydroxyl groups is 1. The summed E-state index contributed by atoms with van der Waals surface area (Å²) in [5, 5.41) is 9.43. The zero-order chi connectivity index (χ0) is 16.5. The Labute approximate surface area is 125 Å². The van der Waals surface area contributed by atoms with E-state index >= 15 is 0 Å². The van der Waals surface area contributed by atoms with Gasteiger partial charge in [0.1, 0.15) is 5.82 Å². The summed E-state index contributed by atoms with van der Waals surface area (Å²) in [7, 11) is 0. The van der Waals surface area contributed by atoms with Gasteiger partial charge in [0.15, 0.2) is 0 Å². The Morgan fingerprint density at radius 1 is 1.41 bits per heavy atom. The lowest BCUT2D eigenvalue weighted by molar-refractivity contribution is -0.137. The summed E-state index contributed by atoms with van der Waals surface area (Å²) in [6.07, 6.45) is -3.58. The van der Waals surface area contributed by atoms with Crippen molar-refractivity contribution < 1.29 is 27.5 Å². The van der Waals surface area contributed by atoms with Gasteiger partial charge < -0.3 is 10.0 Å². The normalized spacial score (nSPS) is 20.3. The van der Waals surface area contributed by atoms with Crippen molar-refractivity contribution >= 4 is 5.91 Å². The van der Waals surface area contributed by atoms with E-state index in [9.17, 15) is 27.5 Å². The molecule has 1 fully saturated rings. The van der Waals surface area contributed by atoms with Crippen LogP contribution in [0, 0.1) is 5.82 Å². The first-order valence-corrected chi connectivity index (χ1v) is 7.05. The number of rotatable bonds is 3. The summed E-state index contributed by atoms with van der Waals surface area (Å²) in [5.74, 6) is -1.72. The van der Waals surface area contributed by atoms with E-state index in [1.165, 1.54) is 4.90 Å². The quantitative estimate of drug-likeness (QED) is 0.869. The van der Waals surface area contributed by atoms with Gasteiger partial charge in [-0.2, -0.15) is 13.2 Å². The zero-order valence-corrected chi connectivity index (χ0v) is 12.0. The number of nitrogens with zero attached hydrogens (tertiary/aromatic N) is 1. The maximum atomic E-state index is 13.4. The van der Waals surface area contributed by atoms with Crippen molar-refractivity contribution in [3.05, 3.63) is 35.1 Å². The van der Waals surface area contributed by atoms with Gasteiger partial charge in [-0.1, -0.05) is 0 Å². The second kappa shape index (κ2) is 6.24. The molecular weight excluding hydrogens is 302 g/mol. The van der Waals surface area contributed by atoms with Gasteiger partial charge in [-0.3, -0.25) is 4.79 Å². The number of hydrogen-bond donors (Lipinski definition) is 1. The molecule has 1 saturated heterocycles. The summed E-state index contributed by atoms with van der Waals surface area (Å²) < 4.78 is 51.5. The minimum Gasteiger partial charge on any atom is -0.393 e. The molecular formula is C15H17F4NO2. The van der Waals surface area contributed by atoms with Crippen LogP contribution in [0.5, 0.6) is 0 Å². The molecule has 0 aromatic heterocycles. The molecule has 1 amide bonds. The average Bonchev–Trinajstić information content (AvgIpc) is 2.83. The Bertz CT molecular complexity index is 557. The van der Waals surface area contributed by atoms with Crippen molar-refractivity contribution in [1.82, 2.24) is 4.90 Å². The standard InChI is InChI=1S/C15H17F4NO2/c1-9(21)5-13-3-2-4-20(13)14(22)10-6-11(15(17,18)19)8-12(16)7-10/h6-9,13,21H,2-5H2,1H3. The van der Waals surface area contributed by atoms with Crippen LogP contribution in [0.25, 0.3) is 0 Å². The fourth-order valence-electron chi connectivity index (χ4n) is 2.78. The van der Waals surface area contributed by atoms with E-state index in [2.05, 4.69) is 0 Å². The Hall–Kier alpha value is -1.63. The van der Waals surface area contributed by atoms with E-state index < -0.39 is 29.6 Å². The highest BCUT2D eigenvalue weighted by Crippen LogP contribution is 2.31. The Kier molecular flexibility index (Phi) is 4.75. The van der Waals surface area contributed by atoms with E-state index in [1.807, 2.05) is 0 Å². The summed E-state index contributed by atoms with van der Waals surface area (Å²) in [6.45, 7) is 1.99. The molecule has 7 heteroatoms. The summed E-state index contributed by atoms with van der Waals surface area (Å²) >= 11 is 0. The summed E-state index contributed by atoms with van der Waals surface area (Å²) in [4.78, 5) is 13.8. The number of amides is 1. The van der Waals surface area contributed by atoms with Gasteiger partial charge in [0.05, 0.1) is 11.7 Å². The number of likely N-dealkylation sites (tertiary alicyclic amines) is 1. The molecule has 3 nitrogen and oxygen atoms in total. The smallest absolute Gasteiger partial charge is 0.393 e. The predicted molar refractivity (Wildman–Crippen MR) is 71.8 cm³/mol. The van der Waals surface area contributed by atoms with Crippen molar-refractivity contribution in [1.29, 1.82) is 0 Å². The first-order chi connectivity index (χ1) is 10.2. The van der Waals surface area contributed by atoms with E-state index in [1.54, 1.807) is 6.92 Å². The fraction of sp³-hybridized carbons (Fsp3) is 0.533. The number of alkyl halides is 3. The molecule has 0 aliphatic carbocycles. The molecule has 1 aromatic carbocycles. The van der Waals surface area contributed by atoms with Gasteiger partial charge in [-0.15, -0.1) is 0 Å². The zero-order valence-electron chi connectivity index (χ0n) is 12.0. The van der Waals surface area contributed by atoms with Gasteiger partial charge in [-0.05, 0) is 44.4 Å². The number of aliphatic hydroxyl groups excluding tert-OH is 1. The maximum Gasteiger partial charge on any atom is 0.416 e.